The highest BCUT2D eigenvalue weighted by atomic mass is 35.5. The molecule has 0 saturated heterocycles. The second-order valence-electron chi connectivity index (χ2n) is 6.35. The molecule has 29 heavy (non-hydrogen) atoms. The Morgan fingerprint density at radius 3 is 2.66 bits per heavy atom. The molecule has 0 radical (unpaired) electrons. The number of benzene rings is 2. The Balaban J connectivity index is 1.59. The number of halogens is 1. The summed E-state index contributed by atoms with van der Waals surface area (Å²) in [5.41, 5.74) is 2.54. The fourth-order valence-corrected chi connectivity index (χ4v) is 5.14. The van der Waals surface area contributed by atoms with Gasteiger partial charge < -0.3 is 0 Å². The zero-order valence-corrected chi connectivity index (χ0v) is 17.3. The number of fused-ring (bicyclic) bond motifs is 2. The van der Waals surface area contributed by atoms with Gasteiger partial charge in [0.15, 0.2) is 10.1 Å². The third kappa shape index (κ3) is 3.60. The first kappa shape index (κ1) is 18.2. The topological polar surface area (TPSA) is 59.0 Å². The SMILES string of the molecule is O=C(c1nc2ccccc2s1)N(Cc1cccnc1)c1nc2ccc(Cl)cc2s1. The molecular formula is C21H13ClN4OS2. The Kier molecular flexibility index (Phi) is 4.71. The third-order valence-corrected chi connectivity index (χ3v) is 6.66. The quantitative estimate of drug-likeness (QED) is 0.357. The standard InChI is InChI=1S/C21H13ClN4OS2/c22-14-7-8-16-18(10-14)29-21(25-16)26(12-13-4-3-9-23-11-13)20(27)19-24-15-5-1-2-6-17(15)28-19/h1-11H,12H2. The molecule has 3 heterocycles. The van der Waals surface area contributed by atoms with Crippen LogP contribution in [0.5, 0.6) is 0 Å². The summed E-state index contributed by atoms with van der Waals surface area (Å²) in [6.07, 6.45) is 3.46. The summed E-state index contributed by atoms with van der Waals surface area (Å²) >= 11 is 8.94. The maximum atomic E-state index is 13.5. The van der Waals surface area contributed by atoms with Gasteiger partial charge in [-0.1, -0.05) is 41.1 Å². The average molecular weight is 437 g/mol. The van der Waals surface area contributed by atoms with Gasteiger partial charge in [-0.2, -0.15) is 0 Å². The lowest BCUT2D eigenvalue weighted by molar-refractivity contribution is 0.0985. The molecule has 0 aliphatic carbocycles. The van der Waals surface area contributed by atoms with Crippen LogP contribution >= 0.6 is 34.3 Å². The van der Waals surface area contributed by atoms with Gasteiger partial charge in [0.1, 0.15) is 0 Å². The van der Waals surface area contributed by atoms with Crippen LogP contribution in [0.25, 0.3) is 20.4 Å². The van der Waals surface area contributed by atoms with Gasteiger partial charge in [0.05, 0.1) is 27.0 Å². The number of aromatic nitrogens is 3. The molecule has 2 aromatic carbocycles. The normalized spacial score (nSPS) is 11.2. The average Bonchev–Trinajstić information content (AvgIpc) is 3.36. The summed E-state index contributed by atoms with van der Waals surface area (Å²) in [6, 6.07) is 17.1. The van der Waals surface area contributed by atoms with Gasteiger partial charge in [0.2, 0.25) is 0 Å². The predicted octanol–water partition coefficient (Wildman–Crippen LogP) is 5.80. The number of carbonyl (C=O) groups excluding carboxylic acids is 1. The van der Waals surface area contributed by atoms with Crippen molar-refractivity contribution in [2.45, 2.75) is 6.54 Å². The second kappa shape index (κ2) is 7.51. The molecule has 0 saturated carbocycles. The number of pyridine rings is 1. The second-order valence-corrected chi connectivity index (χ2v) is 8.82. The van der Waals surface area contributed by atoms with Crippen LogP contribution in [0.15, 0.2) is 67.0 Å². The smallest absolute Gasteiger partial charge is 0.277 e. The molecule has 0 fully saturated rings. The predicted molar refractivity (Wildman–Crippen MR) is 119 cm³/mol. The van der Waals surface area contributed by atoms with Crippen molar-refractivity contribution in [1.82, 2.24) is 15.0 Å². The van der Waals surface area contributed by atoms with Gasteiger partial charge in [-0.3, -0.25) is 14.7 Å². The highest BCUT2D eigenvalue weighted by Crippen LogP contribution is 2.33. The fourth-order valence-electron chi connectivity index (χ4n) is 2.98. The minimum absolute atomic E-state index is 0.180. The Morgan fingerprint density at radius 1 is 0.966 bits per heavy atom. The number of hydrogen-bond donors (Lipinski definition) is 0. The Morgan fingerprint density at radius 2 is 1.83 bits per heavy atom. The maximum Gasteiger partial charge on any atom is 0.289 e. The van der Waals surface area contributed by atoms with E-state index in [0.717, 1.165) is 26.0 Å². The fraction of sp³-hybridized carbons (Fsp3) is 0.0476. The van der Waals surface area contributed by atoms with Crippen LogP contribution in [0.3, 0.4) is 0 Å². The zero-order chi connectivity index (χ0) is 19.8. The number of carbonyl (C=O) groups is 1. The molecule has 0 spiro atoms. The van der Waals surface area contributed by atoms with Gasteiger partial charge in [-0.05, 0) is 42.0 Å². The van der Waals surface area contributed by atoms with Crippen molar-refractivity contribution in [1.29, 1.82) is 0 Å². The van der Waals surface area contributed by atoms with Crippen molar-refractivity contribution in [3.63, 3.8) is 0 Å². The summed E-state index contributed by atoms with van der Waals surface area (Å²) in [6.45, 7) is 0.357. The van der Waals surface area contributed by atoms with E-state index in [1.165, 1.54) is 22.7 Å². The minimum Gasteiger partial charge on any atom is -0.277 e. The van der Waals surface area contributed by atoms with Gasteiger partial charge in [0, 0.05) is 17.4 Å². The molecule has 0 N–H and O–H groups in total. The van der Waals surface area contributed by atoms with Crippen LogP contribution in [0.1, 0.15) is 15.4 Å². The van der Waals surface area contributed by atoms with E-state index in [1.807, 2.05) is 48.5 Å². The summed E-state index contributed by atoms with van der Waals surface area (Å²) in [4.78, 5) is 28.5. The Hall–Kier alpha value is -2.87. The van der Waals surface area contributed by atoms with Crippen LogP contribution in [-0.2, 0) is 6.54 Å². The molecule has 8 heteroatoms. The van der Waals surface area contributed by atoms with Crippen molar-refractivity contribution in [3.05, 3.63) is 82.6 Å². The summed E-state index contributed by atoms with van der Waals surface area (Å²) in [5, 5.41) is 1.69. The first-order valence-electron chi connectivity index (χ1n) is 8.80. The highest BCUT2D eigenvalue weighted by molar-refractivity contribution is 7.23. The Labute approximate surface area is 179 Å². The van der Waals surface area contributed by atoms with E-state index in [4.69, 9.17) is 11.6 Å². The van der Waals surface area contributed by atoms with Gasteiger partial charge in [0.25, 0.3) is 5.91 Å². The molecule has 0 unspecified atom stereocenters. The van der Waals surface area contributed by atoms with Crippen LogP contribution in [-0.4, -0.2) is 20.9 Å². The van der Waals surface area contributed by atoms with Crippen LogP contribution in [0.4, 0.5) is 5.13 Å². The molecule has 0 atom stereocenters. The number of nitrogens with zero attached hydrogens (tertiary/aromatic N) is 4. The number of anilines is 1. The monoisotopic (exact) mass is 436 g/mol. The van der Waals surface area contributed by atoms with Gasteiger partial charge in [-0.25, -0.2) is 9.97 Å². The highest BCUT2D eigenvalue weighted by Gasteiger charge is 2.24. The summed E-state index contributed by atoms with van der Waals surface area (Å²) in [5.74, 6) is -0.180. The van der Waals surface area contributed by atoms with Crippen molar-refractivity contribution in [2.24, 2.45) is 0 Å². The van der Waals surface area contributed by atoms with Gasteiger partial charge >= 0.3 is 0 Å². The molecule has 1 amide bonds. The van der Waals surface area contributed by atoms with E-state index in [9.17, 15) is 4.79 Å². The van der Waals surface area contributed by atoms with E-state index < -0.39 is 0 Å². The maximum absolute atomic E-state index is 13.5. The zero-order valence-electron chi connectivity index (χ0n) is 14.9. The first-order chi connectivity index (χ1) is 14.2. The summed E-state index contributed by atoms with van der Waals surface area (Å²) in [7, 11) is 0. The van der Waals surface area contributed by atoms with E-state index in [2.05, 4.69) is 15.0 Å². The molecule has 5 rings (SSSR count). The number of rotatable bonds is 4. The third-order valence-electron chi connectivity index (χ3n) is 4.36. The molecule has 0 aliphatic heterocycles. The van der Waals surface area contributed by atoms with E-state index >= 15 is 0 Å². The first-order valence-corrected chi connectivity index (χ1v) is 10.8. The van der Waals surface area contributed by atoms with Gasteiger partial charge in [-0.15, -0.1) is 11.3 Å². The van der Waals surface area contributed by atoms with Crippen molar-refractivity contribution < 1.29 is 4.79 Å². The number of para-hydroxylation sites is 1. The Bertz CT molecular complexity index is 1300. The van der Waals surface area contributed by atoms with Crippen LogP contribution in [0, 0.1) is 0 Å². The lowest BCUT2D eigenvalue weighted by atomic mass is 10.2. The van der Waals surface area contributed by atoms with Crippen molar-refractivity contribution >= 4 is 65.7 Å². The number of hydrogen-bond acceptors (Lipinski definition) is 6. The number of amides is 1. The largest absolute Gasteiger partial charge is 0.289 e. The van der Waals surface area contributed by atoms with E-state index in [-0.39, 0.29) is 5.91 Å². The molecular weight excluding hydrogens is 424 g/mol. The van der Waals surface area contributed by atoms with E-state index in [1.54, 1.807) is 23.4 Å². The van der Waals surface area contributed by atoms with Crippen molar-refractivity contribution in [2.75, 3.05) is 4.90 Å². The van der Waals surface area contributed by atoms with Crippen molar-refractivity contribution in [3.8, 4) is 0 Å². The summed E-state index contributed by atoms with van der Waals surface area (Å²) < 4.78 is 1.91. The molecule has 142 valence electrons. The van der Waals surface area contributed by atoms with E-state index in [0.29, 0.717) is 21.7 Å². The molecule has 0 aliphatic rings. The minimum atomic E-state index is -0.180. The molecule has 5 aromatic rings. The van der Waals surface area contributed by atoms with Crippen LogP contribution in [0.2, 0.25) is 5.02 Å². The lowest BCUT2D eigenvalue weighted by Gasteiger charge is -2.18. The molecule has 3 aromatic heterocycles. The molecule has 5 nitrogen and oxygen atoms in total. The molecule has 0 bridgehead atoms. The lowest BCUT2D eigenvalue weighted by Crippen LogP contribution is -2.30. The van der Waals surface area contributed by atoms with Crippen LogP contribution < -0.4 is 4.90 Å². The number of thiazole rings is 2.